The average molecular weight is 335 g/mol. The van der Waals surface area contributed by atoms with E-state index in [4.69, 9.17) is 4.74 Å². The molecule has 3 fully saturated rings. The monoisotopic (exact) mass is 334 g/mol. The fourth-order valence-corrected chi connectivity index (χ4v) is 7.27. The highest BCUT2D eigenvalue weighted by molar-refractivity contribution is 5.02. The fourth-order valence-electron chi connectivity index (χ4n) is 7.27. The molecule has 140 valence electrons. The summed E-state index contributed by atoms with van der Waals surface area (Å²) >= 11 is 0. The van der Waals surface area contributed by atoms with E-state index in [1.54, 1.807) is 0 Å². The molecule has 0 aromatic heterocycles. The number of hydrogen-bond acceptors (Lipinski definition) is 1. The second kappa shape index (κ2) is 6.93. The zero-order chi connectivity index (χ0) is 17.6. The molecule has 0 radical (unpaired) electrons. The van der Waals surface area contributed by atoms with Crippen molar-refractivity contribution in [2.75, 3.05) is 7.11 Å². The molecule has 0 spiro atoms. The number of fused-ring (bicyclic) bond motifs is 1. The van der Waals surface area contributed by atoms with Gasteiger partial charge in [-0.15, -0.1) is 0 Å². The molecule has 0 bridgehead atoms. The smallest absolute Gasteiger partial charge is 0.0638 e. The van der Waals surface area contributed by atoms with E-state index in [-0.39, 0.29) is 0 Å². The first-order chi connectivity index (χ1) is 11.2. The first-order valence-corrected chi connectivity index (χ1v) is 10.7. The Labute approximate surface area is 151 Å². The predicted octanol–water partition coefficient (Wildman–Crippen LogP) is 6.42. The lowest BCUT2D eigenvalue weighted by atomic mass is 9.55. The van der Waals surface area contributed by atoms with Crippen molar-refractivity contribution < 1.29 is 4.74 Å². The normalized spacial score (nSPS) is 49.9. The van der Waals surface area contributed by atoms with E-state index in [1.165, 1.54) is 38.5 Å². The fraction of sp³-hybridized carbons (Fsp3) is 1.00. The van der Waals surface area contributed by atoms with Crippen LogP contribution in [-0.2, 0) is 4.74 Å². The molecule has 0 saturated heterocycles. The summed E-state index contributed by atoms with van der Waals surface area (Å²) in [5.74, 6) is 7.08. The van der Waals surface area contributed by atoms with Crippen LogP contribution in [0.5, 0.6) is 0 Å². The van der Waals surface area contributed by atoms with E-state index in [0.29, 0.717) is 11.5 Å². The molecule has 8 atom stereocenters. The SMILES string of the molecule is COC1C(C(C)(C)C)CC2CC(C)CC2[C@H]1C1CC(C)CC(C)C1. The van der Waals surface area contributed by atoms with Crippen molar-refractivity contribution in [3.63, 3.8) is 0 Å². The van der Waals surface area contributed by atoms with Gasteiger partial charge in [0.1, 0.15) is 0 Å². The summed E-state index contributed by atoms with van der Waals surface area (Å²) in [5, 5.41) is 0. The number of methoxy groups -OCH3 is 1. The summed E-state index contributed by atoms with van der Waals surface area (Å²) in [4.78, 5) is 0. The first-order valence-electron chi connectivity index (χ1n) is 10.7. The molecule has 3 aliphatic rings. The topological polar surface area (TPSA) is 9.23 Å². The Hall–Kier alpha value is -0.0400. The van der Waals surface area contributed by atoms with Crippen LogP contribution in [-0.4, -0.2) is 13.2 Å². The van der Waals surface area contributed by atoms with Gasteiger partial charge in [-0.1, -0.05) is 41.5 Å². The van der Waals surface area contributed by atoms with Crippen LogP contribution in [0.1, 0.15) is 80.1 Å². The summed E-state index contributed by atoms with van der Waals surface area (Å²) in [6, 6.07) is 0. The van der Waals surface area contributed by atoms with E-state index >= 15 is 0 Å². The Morgan fingerprint density at radius 1 is 0.708 bits per heavy atom. The van der Waals surface area contributed by atoms with Gasteiger partial charge in [0, 0.05) is 7.11 Å². The molecule has 0 aromatic rings. The predicted molar refractivity (Wildman–Crippen MR) is 103 cm³/mol. The molecule has 0 heterocycles. The van der Waals surface area contributed by atoms with Gasteiger partial charge in [-0.3, -0.25) is 0 Å². The Morgan fingerprint density at radius 2 is 1.25 bits per heavy atom. The lowest BCUT2D eigenvalue weighted by Gasteiger charge is -2.53. The molecule has 7 unspecified atom stereocenters. The molecule has 0 amide bonds. The van der Waals surface area contributed by atoms with Gasteiger partial charge >= 0.3 is 0 Å². The van der Waals surface area contributed by atoms with Gasteiger partial charge in [-0.2, -0.15) is 0 Å². The van der Waals surface area contributed by atoms with Crippen LogP contribution < -0.4 is 0 Å². The van der Waals surface area contributed by atoms with Crippen molar-refractivity contribution in [1.29, 1.82) is 0 Å². The highest BCUT2D eigenvalue weighted by Crippen LogP contribution is 2.58. The highest BCUT2D eigenvalue weighted by atomic mass is 16.5. The Bertz CT molecular complexity index is 412. The largest absolute Gasteiger partial charge is 0.381 e. The Kier molecular flexibility index (Phi) is 5.41. The van der Waals surface area contributed by atoms with Crippen molar-refractivity contribution >= 4 is 0 Å². The lowest BCUT2D eigenvalue weighted by Crippen LogP contribution is -2.51. The highest BCUT2D eigenvalue weighted by Gasteiger charge is 2.53. The molecule has 3 rings (SSSR count). The molecule has 1 heteroatoms. The third-order valence-electron chi connectivity index (χ3n) is 7.96. The summed E-state index contributed by atoms with van der Waals surface area (Å²) in [7, 11) is 2.00. The summed E-state index contributed by atoms with van der Waals surface area (Å²) in [5.41, 5.74) is 0.363. The van der Waals surface area contributed by atoms with Gasteiger partial charge in [0.2, 0.25) is 0 Å². The van der Waals surface area contributed by atoms with E-state index in [9.17, 15) is 0 Å². The number of hydrogen-bond donors (Lipinski definition) is 0. The van der Waals surface area contributed by atoms with Crippen LogP contribution in [0.3, 0.4) is 0 Å². The van der Waals surface area contributed by atoms with Gasteiger partial charge < -0.3 is 4.74 Å². The number of ether oxygens (including phenoxy) is 1. The van der Waals surface area contributed by atoms with Gasteiger partial charge in [0.25, 0.3) is 0 Å². The standard InChI is InChI=1S/C23H42O/c1-14-8-15(2)11-18(10-14)21-19-12-16(3)9-17(19)13-20(22(21)24-7)23(4,5)6/h14-22H,8-13H2,1-7H3/t14?,15?,16?,17?,18?,19?,20?,21-,22?/m1/s1. The second-order valence-electron chi connectivity index (χ2n) is 11.2. The van der Waals surface area contributed by atoms with Crippen molar-refractivity contribution in [3.05, 3.63) is 0 Å². The lowest BCUT2D eigenvalue weighted by molar-refractivity contribution is -0.121. The molecule has 1 nitrogen and oxygen atoms in total. The van der Waals surface area contributed by atoms with E-state index in [2.05, 4.69) is 41.5 Å². The van der Waals surface area contributed by atoms with E-state index in [1.807, 2.05) is 7.11 Å². The second-order valence-corrected chi connectivity index (χ2v) is 11.2. The number of rotatable bonds is 2. The zero-order valence-electron chi connectivity index (χ0n) is 17.3. The maximum atomic E-state index is 6.31. The minimum Gasteiger partial charge on any atom is -0.381 e. The Balaban J connectivity index is 1.91. The maximum absolute atomic E-state index is 6.31. The molecule has 3 saturated carbocycles. The van der Waals surface area contributed by atoms with Gasteiger partial charge in [0.05, 0.1) is 6.10 Å². The van der Waals surface area contributed by atoms with Gasteiger partial charge in [-0.25, -0.2) is 0 Å². The van der Waals surface area contributed by atoms with Crippen LogP contribution in [0.15, 0.2) is 0 Å². The summed E-state index contributed by atoms with van der Waals surface area (Å²) < 4.78 is 6.31. The van der Waals surface area contributed by atoms with Gasteiger partial charge in [0.15, 0.2) is 0 Å². The van der Waals surface area contributed by atoms with Crippen molar-refractivity contribution in [1.82, 2.24) is 0 Å². The first kappa shape index (κ1) is 18.7. The minimum absolute atomic E-state index is 0.363. The molecule has 0 aliphatic heterocycles. The third kappa shape index (κ3) is 3.57. The van der Waals surface area contributed by atoms with Crippen molar-refractivity contribution in [2.24, 2.45) is 52.8 Å². The summed E-state index contributed by atoms with van der Waals surface area (Å²) in [6.07, 6.45) is 9.17. The van der Waals surface area contributed by atoms with Gasteiger partial charge in [-0.05, 0) is 91.3 Å². The molecule has 3 aliphatic carbocycles. The zero-order valence-corrected chi connectivity index (χ0v) is 17.3. The molecule has 24 heavy (non-hydrogen) atoms. The van der Waals surface area contributed by atoms with Crippen LogP contribution in [0.2, 0.25) is 0 Å². The maximum Gasteiger partial charge on any atom is 0.0638 e. The molecular weight excluding hydrogens is 292 g/mol. The average Bonchev–Trinajstić information content (AvgIpc) is 2.82. The summed E-state index contributed by atoms with van der Waals surface area (Å²) in [6.45, 7) is 14.8. The molecular formula is C23H42O. The minimum atomic E-state index is 0.363. The Morgan fingerprint density at radius 3 is 1.79 bits per heavy atom. The molecule has 0 aromatic carbocycles. The van der Waals surface area contributed by atoms with E-state index in [0.717, 1.165) is 47.3 Å². The third-order valence-corrected chi connectivity index (χ3v) is 7.96. The van der Waals surface area contributed by atoms with Crippen LogP contribution >= 0.6 is 0 Å². The van der Waals surface area contributed by atoms with Crippen LogP contribution in [0.4, 0.5) is 0 Å². The van der Waals surface area contributed by atoms with Crippen molar-refractivity contribution in [2.45, 2.75) is 86.2 Å². The van der Waals surface area contributed by atoms with Crippen LogP contribution in [0, 0.1) is 52.8 Å². The molecule has 0 N–H and O–H groups in total. The van der Waals surface area contributed by atoms with E-state index < -0.39 is 0 Å². The quantitative estimate of drug-likeness (QED) is 0.566. The van der Waals surface area contributed by atoms with Crippen molar-refractivity contribution in [3.8, 4) is 0 Å². The van der Waals surface area contributed by atoms with Crippen LogP contribution in [0.25, 0.3) is 0 Å².